The largest absolute Gasteiger partial charge is 0.481 e. The Morgan fingerprint density at radius 2 is 1.90 bits per heavy atom. The Morgan fingerprint density at radius 3 is 2.40 bits per heavy atom. The molecule has 2 rings (SSSR count). The summed E-state index contributed by atoms with van der Waals surface area (Å²) in [7, 11) is 0. The molecule has 1 fully saturated rings. The number of halogens is 1. The highest BCUT2D eigenvalue weighted by Crippen LogP contribution is 2.35. The van der Waals surface area contributed by atoms with Gasteiger partial charge < -0.3 is 5.11 Å². The lowest BCUT2D eigenvalue weighted by molar-refractivity contribution is -0.144. The highest BCUT2D eigenvalue weighted by Gasteiger charge is 2.38. The fourth-order valence-electron chi connectivity index (χ4n) is 2.90. The van der Waals surface area contributed by atoms with Gasteiger partial charge in [-0.2, -0.15) is 0 Å². The van der Waals surface area contributed by atoms with Crippen molar-refractivity contribution in [2.24, 2.45) is 5.92 Å². The van der Waals surface area contributed by atoms with Crippen LogP contribution in [0.3, 0.4) is 0 Å². The number of likely N-dealkylation sites (tertiary alicyclic amines) is 1. The van der Waals surface area contributed by atoms with E-state index in [2.05, 4.69) is 25.7 Å². The Balaban J connectivity index is 2.27. The van der Waals surface area contributed by atoms with Gasteiger partial charge in [0.2, 0.25) is 0 Å². The monoisotopic (exact) mass is 279 g/mol. The van der Waals surface area contributed by atoms with Crippen LogP contribution in [0.4, 0.5) is 4.39 Å². The summed E-state index contributed by atoms with van der Waals surface area (Å²) < 4.78 is 13.0. The van der Waals surface area contributed by atoms with E-state index in [4.69, 9.17) is 0 Å². The average molecular weight is 279 g/mol. The van der Waals surface area contributed by atoms with Gasteiger partial charge in [0, 0.05) is 18.0 Å². The molecule has 1 N–H and O–H groups in total. The van der Waals surface area contributed by atoms with Crippen molar-refractivity contribution in [3.05, 3.63) is 35.6 Å². The summed E-state index contributed by atoms with van der Waals surface area (Å²) >= 11 is 0. The first-order valence-corrected chi connectivity index (χ1v) is 7.02. The van der Waals surface area contributed by atoms with Crippen LogP contribution >= 0.6 is 0 Å². The van der Waals surface area contributed by atoms with Crippen LogP contribution in [0.1, 0.15) is 38.7 Å². The SMILES string of the molecule is CC(C)(C)N1CCC(C(=O)O)C(c2ccc(F)cc2)C1. The Bertz CT molecular complexity index is 478. The predicted octanol–water partition coefficient (Wildman–Crippen LogP) is 3.11. The van der Waals surface area contributed by atoms with E-state index in [0.717, 1.165) is 12.1 Å². The van der Waals surface area contributed by atoms with Crippen molar-refractivity contribution in [2.75, 3.05) is 13.1 Å². The molecule has 110 valence electrons. The molecule has 1 aromatic carbocycles. The summed E-state index contributed by atoms with van der Waals surface area (Å²) in [5, 5.41) is 9.42. The van der Waals surface area contributed by atoms with Gasteiger partial charge in [0.25, 0.3) is 0 Å². The maximum atomic E-state index is 13.0. The molecular formula is C16H22FNO2. The maximum Gasteiger partial charge on any atom is 0.307 e. The lowest BCUT2D eigenvalue weighted by Crippen LogP contribution is -2.50. The molecular weight excluding hydrogens is 257 g/mol. The molecule has 0 bridgehead atoms. The highest BCUT2D eigenvalue weighted by molar-refractivity contribution is 5.71. The first kappa shape index (κ1) is 15.0. The number of rotatable bonds is 2. The highest BCUT2D eigenvalue weighted by atomic mass is 19.1. The van der Waals surface area contributed by atoms with Crippen LogP contribution in [0.15, 0.2) is 24.3 Å². The fraction of sp³-hybridized carbons (Fsp3) is 0.562. The van der Waals surface area contributed by atoms with Crippen molar-refractivity contribution >= 4 is 5.97 Å². The van der Waals surface area contributed by atoms with Crippen LogP contribution in [-0.2, 0) is 4.79 Å². The zero-order valence-corrected chi connectivity index (χ0v) is 12.3. The molecule has 1 saturated heterocycles. The number of nitrogens with zero attached hydrogens (tertiary/aromatic N) is 1. The second-order valence-electron chi connectivity index (χ2n) is 6.51. The molecule has 0 saturated carbocycles. The minimum atomic E-state index is -0.757. The maximum absolute atomic E-state index is 13.0. The van der Waals surface area contributed by atoms with E-state index in [1.807, 2.05) is 0 Å². The minimum Gasteiger partial charge on any atom is -0.481 e. The number of aliphatic carboxylic acids is 1. The van der Waals surface area contributed by atoms with Crippen LogP contribution in [0, 0.1) is 11.7 Å². The summed E-state index contributed by atoms with van der Waals surface area (Å²) in [6.07, 6.45) is 0.634. The molecule has 0 aromatic heterocycles. The average Bonchev–Trinajstić information content (AvgIpc) is 2.37. The van der Waals surface area contributed by atoms with Crippen molar-refractivity contribution in [2.45, 2.75) is 38.6 Å². The van der Waals surface area contributed by atoms with Crippen molar-refractivity contribution in [1.82, 2.24) is 4.90 Å². The Labute approximate surface area is 119 Å². The van der Waals surface area contributed by atoms with Crippen molar-refractivity contribution in [3.63, 3.8) is 0 Å². The molecule has 0 radical (unpaired) electrons. The van der Waals surface area contributed by atoms with Gasteiger partial charge in [-0.3, -0.25) is 9.69 Å². The van der Waals surface area contributed by atoms with Crippen molar-refractivity contribution < 1.29 is 14.3 Å². The van der Waals surface area contributed by atoms with Gasteiger partial charge in [-0.25, -0.2) is 4.39 Å². The number of carboxylic acids is 1. The van der Waals surface area contributed by atoms with Crippen LogP contribution in [0.25, 0.3) is 0 Å². The van der Waals surface area contributed by atoms with Gasteiger partial charge in [-0.1, -0.05) is 12.1 Å². The summed E-state index contributed by atoms with van der Waals surface area (Å²) in [6, 6.07) is 6.23. The van der Waals surface area contributed by atoms with Crippen LogP contribution < -0.4 is 0 Å². The molecule has 2 unspecified atom stereocenters. The molecule has 3 nitrogen and oxygen atoms in total. The summed E-state index contributed by atoms with van der Waals surface area (Å²) in [4.78, 5) is 13.8. The zero-order valence-electron chi connectivity index (χ0n) is 12.3. The third-order valence-electron chi connectivity index (χ3n) is 4.18. The number of hydrogen-bond donors (Lipinski definition) is 1. The van der Waals surface area contributed by atoms with E-state index in [0.29, 0.717) is 13.0 Å². The Hall–Kier alpha value is -1.42. The molecule has 1 aliphatic rings. The lowest BCUT2D eigenvalue weighted by atomic mass is 9.79. The molecule has 1 aliphatic heterocycles. The smallest absolute Gasteiger partial charge is 0.307 e. The second-order valence-corrected chi connectivity index (χ2v) is 6.51. The van der Waals surface area contributed by atoms with Crippen LogP contribution in [0.5, 0.6) is 0 Å². The fourth-order valence-corrected chi connectivity index (χ4v) is 2.90. The topological polar surface area (TPSA) is 40.5 Å². The third kappa shape index (κ3) is 3.18. The third-order valence-corrected chi connectivity index (χ3v) is 4.18. The van der Waals surface area contributed by atoms with Gasteiger partial charge in [0.05, 0.1) is 5.92 Å². The number of carboxylic acid groups (broad SMARTS) is 1. The standard InChI is InChI=1S/C16H22FNO2/c1-16(2,3)18-9-8-13(15(19)20)14(10-18)11-4-6-12(17)7-5-11/h4-7,13-14H,8-10H2,1-3H3,(H,19,20). The number of benzene rings is 1. The molecule has 4 heteroatoms. The zero-order chi connectivity index (χ0) is 14.9. The molecule has 1 aromatic rings. The van der Waals surface area contributed by atoms with Crippen LogP contribution in [-0.4, -0.2) is 34.6 Å². The van der Waals surface area contributed by atoms with Gasteiger partial charge in [-0.05, 0) is 51.4 Å². The van der Waals surface area contributed by atoms with E-state index in [-0.39, 0.29) is 23.2 Å². The second kappa shape index (κ2) is 5.52. The molecule has 0 spiro atoms. The van der Waals surface area contributed by atoms with E-state index in [1.165, 1.54) is 12.1 Å². The van der Waals surface area contributed by atoms with Crippen molar-refractivity contribution in [1.29, 1.82) is 0 Å². The summed E-state index contributed by atoms with van der Waals surface area (Å²) in [5.74, 6) is -1.52. The van der Waals surface area contributed by atoms with Gasteiger partial charge in [-0.15, -0.1) is 0 Å². The molecule has 1 heterocycles. The lowest BCUT2D eigenvalue weighted by Gasteiger charge is -2.44. The molecule has 0 amide bonds. The minimum absolute atomic E-state index is 0.0156. The Morgan fingerprint density at radius 1 is 1.30 bits per heavy atom. The quantitative estimate of drug-likeness (QED) is 0.904. The molecule has 0 aliphatic carbocycles. The normalized spacial score (nSPS) is 24.6. The number of carbonyl (C=O) groups is 1. The first-order chi connectivity index (χ1) is 9.29. The summed E-state index contributed by atoms with van der Waals surface area (Å²) in [5.41, 5.74) is 0.926. The Kier molecular flexibility index (Phi) is 4.14. The molecule has 20 heavy (non-hydrogen) atoms. The van der Waals surface area contributed by atoms with E-state index < -0.39 is 5.97 Å². The molecule has 2 atom stereocenters. The van der Waals surface area contributed by atoms with Crippen molar-refractivity contribution in [3.8, 4) is 0 Å². The van der Waals surface area contributed by atoms with Gasteiger partial charge in [0.1, 0.15) is 5.82 Å². The van der Waals surface area contributed by atoms with E-state index in [9.17, 15) is 14.3 Å². The number of piperidine rings is 1. The first-order valence-electron chi connectivity index (χ1n) is 7.02. The van der Waals surface area contributed by atoms with Gasteiger partial charge in [0.15, 0.2) is 0 Å². The van der Waals surface area contributed by atoms with E-state index in [1.54, 1.807) is 12.1 Å². The van der Waals surface area contributed by atoms with E-state index >= 15 is 0 Å². The van der Waals surface area contributed by atoms with Gasteiger partial charge >= 0.3 is 5.97 Å². The summed E-state index contributed by atoms with van der Waals surface area (Å²) in [6.45, 7) is 7.89. The van der Waals surface area contributed by atoms with Crippen LogP contribution in [0.2, 0.25) is 0 Å². The predicted molar refractivity (Wildman–Crippen MR) is 76.2 cm³/mol. The number of hydrogen-bond acceptors (Lipinski definition) is 2.